The summed E-state index contributed by atoms with van der Waals surface area (Å²) in [5.74, 6) is -0.589. The van der Waals surface area contributed by atoms with E-state index in [9.17, 15) is 14.4 Å². The molecule has 0 aliphatic carbocycles. The largest absolute Gasteiger partial charge is 0.365 e. The van der Waals surface area contributed by atoms with E-state index in [1.54, 1.807) is 29.1 Å². The molecule has 2 aromatic heterocycles. The minimum Gasteiger partial charge on any atom is -0.365 e. The minimum absolute atomic E-state index is 0.00252. The molecule has 0 aromatic carbocycles. The third-order valence-corrected chi connectivity index (χ3v) is 6.47. The Morgan fingerprint density at radius 2 is 2.25 bits per heavy atom. The summed E-state index contributed by atoms with van der Waals surface area (Å²) >= 11 is 1.19. The molecule has 4 N–H and O–H groups in total. The van der Waals surface area contributed by atoms with Crippen molar-refractivity contribution < 1.29 is 14.4 Å². The van der Waals surface area contributed by atoms with Crippen LogP contribution in [0.3, 0.4) is 0 Å². The minimum atomic E-state index is -0.587. The summed E-state index contributed by atoms with van der Waals surface area (Å²) in [6.45, 7) is 2.87. The van der Waals surface area contributed by atoms with Gasteiger partial charge in [0.15, 0.2) is 0 Å². The fraction of sp³-hybridized carbons (Fsp3) is 0.444. The second-order valence-corrected chi connectivity index (χ2v) is 8.07. The number of carbonyl (C=O) groups excluding carboxylic acids is 3. The number of urea groups is 1. The third-order valence-electron chi connectivity index (χ3n) is 5.37. The monoisotopic (exact) mass is 402 g/mol. The van der Waals surface area contributed by atoms with Crippen LogP contribution in [0.25, 0.3) is 10.2 Å². The van der Waals surface area contributed by atoms with E-state index in [0.29, 0.717) is 34.2 Å². The molecule has 4 amide bonds. The molecule has 0 radical (unpaired) electrons. The number of likely N-dealkylation sites (tertiary alicyclic amines) is 1. The van der Waals surface area contributed by atoms with Crippen LogP contribution < -0.4 is 21.3 Å². The Hall–Kier alpha value is -2.72. The van der Waals surface area contributed by atoms with Gasteiger partial charge in [0.1, 0.15) is 9.71 Å². The van der Waals surface area contributed by atoms with Gasteiger partial charge in [0.05, 0.1) is 28.8 Å². The van der Waals surface area contributed by atoms with Crippen LogP contribution >= 0.6 is 11.3 Å². The van der Waals surface area contributed by atoms with E-state index in [2.05, 4.69) is 15.6 Å². The van der Waals surface area contributed by atoms with E-state index in [1.165, 1.54) is 11.3 Å². The number of piperidine rings is 1. The van der Waals surface area contributed by atoms with Crippen molar-refractivity contribution in [1.82, 2.24) is 15.2 Å². The van der Waals surface area contributed by atoms with E-state index in [1.807, 2.05) is 6.92 Å². The molecular formula is C18H22N6O3S. The zero-order valence-corrected chi connectivity index (χ0v) is 16.5. The Labute approximate surface area is 165 Å². The molecular weight excluding hydrogens is 380 g/mol. The third kappa shape index (κ3) is 2.89. The van der Waals surface area contributed by atoms with Crippen molar-refractivity contribution in [3.63, 3.8) is 0 Å². The van der Waals surface area contributed by atoms with Crippen LogP contribution in [0.2, 0.25) is 0 Å². The molecule has 4 heterocycles. The number of carbonyl (C=O) groups is 3. The van der Waals surface area contributed by atoms with Crippen LogP contribution in [0, 0.1) is 0 Å². The maximum atomic E-state index is 13.0. The number of anilines is 2. The number of likely N-dealkylation sites (N-methyl/N-ethyl adjacent to an activating group) is 1. The number of amides is 4. The van der Waals surface area contributed by atoms with Crippen LogP contribution in [0.4, 0.5) is 16.2 Å². The maximum absolute atomic E-state index is 13.0. The highest BCUT2D eigenvalue weighted by molar-refractivity contribution is 7.21. The molecule has 2 atom stereocenters. The van der Waals surface area contributed by atoms with Gasteiger partial charge in [0, 0.05) is 19.3 Å². The van der Waals surface area contributed by atoms with Crippen molar-refractivity contribution in [2.45, 2.75) is 31.8 Å². The standard InChI is InChI=1S/C18H22N6O3S/c1-9(20-2)17(26)23-7-3-4-10(8-23)24-13-12-11(22-18(24)27)5-6-21-16(12)28-14(13)15(19)25/h5-6,9-10,20H,3-4,7-8H2,1-2H3,(H2,19,25)(H,22,27)/t9-,10+/m0/s1. The van der Waals surface area contributed by atoms with Crippen molar-refractivity contribution in [2.75, 3.05) is 30.4 Å². The number of pyridine rings is 1. The molecule has 2 aromatic rings. The summed E-state index contributed by atoms with van der Waals surface area (Å²) in [6.07, 6.45) is 3.10. The first kappa shape index (κ1) is 18.6. The number of nitrogens with one attached hydrogen (secondary N) is 2. The van der Waals surface area contributed by atoms with E-state index in [0.717, 1.165) is 18.2 Å². The van der Waals surface area contributed by atoms with Gasteiger partial charge in [-0.2, -0.15) is 0 Å². The first-order valence-electron chi connectivity index (χ1n) is 9.20. The number of nitrogens with two attached hydrogens (primary N) is 1. The van der Waals surface area contributed by atoms with Crippen molar-refractivity contribution in [1.29, 1.82) is 0 Å². The molecule has 9 nitrogen and oxygen atoms in total. The highest BCUT2D eigenvalue weighted by Gasteiger charge is 2.39. The quantitative estimate of drug-likeness (QED) is 0.713. The van der Waals surface area contributed by atoms with Crippen molar-refractivity contribution in [3.05, 3.63) is 17.1 Å². The molecule has 1 fully saturated rings. The number of thiophene rings is 1. The lowest BCUT2D eigenvalue weighted by molar-refractivity contribution is -0.134. The lowest BCUT2D eigenvalue weighted by atomic mass is 10.0. The molecule has 0 spiro atoms. The van der Waals surface area contributed by atoms with Gasteiger partial charge in [-0.25, -0.2) is 9.78 Å². The lowest BCUT2D eigenvalue weighted by Crippen LogP contribution is -2.56. The van der Waals surface area contributed by atoms with Gasteiger partial charge in [0.2, 0.25) is 5.91 Å². The van der Waals surface area contributed by atoms with Gasteiger partial charge >= 0.3 is 6.03 Å². The number of primary amides is 1. The van der Waals surface area contributed by atoms with Crippen molar-refractivity contribution >= 4 is 50.8 Å². The smallest absolute Gasteiger partial charge is 0.326 e. The average molecular weight is 402 g/mol. The fourth-order valence-electron chi connectivity index (χ4n) is 3.90. The van der Waals surface area contributed by atoms with Gasteiger partial charge in [-0.05, 0) is 32.9 Å². The summed E-state index contributed by atoms with van der Waals surface area (Å²) < 4.78 is 0. The van der Waals surface area contributed by atoms with Gasteiger partial charge in [-0.3, -0.25) is 14.5 Å². The molecule has 1 saturated heterocycles. The van der Waals surface area contributed by atoms with Crippen LogP contribution in [-0.2, 0) is 4.79 Å². The SMILES string of the molecule is CN[C@@H](C)C(=O)N1CCC[C@@H](N2C(=O)Nc3ccnc4sc(C(N)=O)c2c34)C1. The van der Waals surface area contributed by atoms with Crippen LogP contribution in [-0.4, -0.2) is 60.0 Å². The maximum Gasteiger partial charge on any atom is 0.326 e. The summed E-state index contributed by atoms with van der Waals surface area (Å²) in [5, 5.41) is 6.58. The number of nitrogens with zero attached hydrogens (tertiary/aromatic N) is 3. The number of hydrogen-bond donors (Lipinski definition) is 3. The summed E-state index contributed by atoms with van der Waals surface area (Å²) in [4.78, 5) is 46.3. The lowest BCUT2D eigenvalue weighted by Gasteiger charge is -2.41. The molecule has 0 unspecified atom stereocenters. The molecule has 2 aliphatic rings. The molecule has 148 valence electrons. The predicted molar refractivity (Wildman–Crippen MR) is 108 cm³/mol. The summed E-state index contributed by atoms with van der Waals surface area (Å²) in [6, 6.07) is 0.852. The highest BCUT2D eigenvalue weighted by Crippen LogP contribution is 2.45. The highest BCUT2D eigenvalue weighted by atomic mass is 32.1. The topological polar surface area (TPSA) is 121 Å². The number of rotatable bonds is 4. The predicted octanol–water partition coefficient (Wildman–Crippen LogP) is 1.35. The van der Waals surface area contributed by atoms with Crippen LogP contribution in [0.5, 0.6) is 0 Å². The average Bonchev–Trinajstić information content (AvgIpc) is 3.08. The summed E-state index contributed by atoms with van der Waals surface area (Å²) in [7, 11) is 1.74. The van der Waals surface area contributed by atoms with Gasteiger partial charge in [0.25, 0.3) is 5.91 Å². The fourth-order valence-corrected chi connectivity index (χ4v) is 4.91. The van der Waals surface area contributed by atoms with E-state index in [4.69, 9.17) is 5.73 Å². The van der Waals surface area contributed by atoms with E-state index < -0.39 is 5.91 Å². The second kappa shape index (κ2) is 7.02. The Morgan fingerprint density at radius 3 is 2.96 bits per heavy atom. The number of aromatic nitrogens is 1. The van der Waals surface area contributed by atoms with Crippen molar-refractivity contribution in [3.8, 4) is 0 Å². The van der Waals surface area contributed by atoms with E-state index in [-0.39, 0.29) is 24.0 Å². The normalized spacial score (nSPS) is 20.2. The summed E-state index contributed by atoms with van der Waals surface area (Å²) in [5.41, 5.74) is 6.75. The van der Waals surface area contributed by atoms with Crippen LogP contribution in [0.1, 0.15) is 29.4 Å². The first-order valence-corrected chi connectivity index (χ1v) is 10.0. The Balaban J connectivity index is 1.75. The molecule has 0 bridgehead atoms. The second-order valence-electron chi connectivity index (χ2n) is 7.07. The molecule has 4 rings (SSSR count). The molecule has 2 aliphatic heterocycles. The van der Waals surface area contributed by atoms with Gasteiger partial charge in [-0.1, -0.05) is 0 Å². The Bertz CT molecular complexity index is 974. The molecule has 10 heteroatoms. The van der Waals surface area contributed by atoms with E-state index >= 15 is 0 Å². The zero-order valence-electron chi connectivity index (χ0n) is 15.7. The Kier molecular flexibility index (Phi) is 4.68. The first-order chi connectivity index (χ1) is 13.4. The number of hydrogen-bond acceptors (Lipinski definition) is 6. The van der Waals surface area contributed by atoms with Gasteiger partial charge in [-0.15, -0.1) is 11.3 Å². The van der Waals surface area contributed by atoms with Crippen molar-refractivity contribution in [2.24, 2.45) is 5.73 Å². The molecule has 0 saturated carbocycles. The zero-order chi connectivity index (χ0) is 20.0. The van der Waals surface area contributed by atoms with Crippen LogP contribution in [0.15, 0.2) is 12.3 Å². The Morgan fingerprint density at radius 1 is 1.46 bits per heavy atom. The van der Waals surface area contributed by atoms with Gasteiger partial charge < -0.3 is 21.3 Å². The molecule has 28 heavy (non-hydrogen) atoms.